The zero-order valence-electron chi connectivity index (χ0n) is 18.0. The van der Waals surface area contributed by atoms with Gasteiger partial charge in [-0.3, -0.25) is 4.79 Å². The molecule has 0 saturated carbocycles. The minimum absolute atomic E-state index is 0.0160. The van der Waals surface area contributed by atoms with E-state index in [1.807, 2.05) is 52.8 Å². The fourth-order valence-corrected chi connectivity index (χ4v) is 3.26. The van der Waals surface area contributed by atoms with Gasteiger partial charge in [-0.05, 0) is 68.4 Å². The van der Waals surface area contributed by atoms with Gasteiger partial charge in [-0.15, -0.1) is 0 Å². The van der Waals surface area contributed by atoms with Crippen LogP contribution < -0.4 is 5.32 Å². The molecule has 0 fully saturated rings. The first-order chi connectivity index (χ1) is 13.6. The minimum Gasteiger partial charge on any atom is -0.350 e. The van der Waals surface area contributed by atoms with Crippen LogP contribution in [0.15, 0.2) is 42.5 Å². The first kappa shape index (κ1) is 24.7. The van der Waals surface area contributed by atoms with Gasteiger partial charge in [0.2, 0.25) is 0 Å². The Hall–Kier alpha value is -2.30. The van der Waals surface area contributed by atoms with E-state index in [9.17, 15) is 18.0 Å². The van der Waals surface area contributed by atoms with Gasteiger partial charge in [0.1, 0.15) is 0 Å². The molecule has 2 rings (SSSR count). The lowest BCUT2D eigenvalue weighted by Gasteiger charge is -2.25. The van der Waals surface area contributed by atoms with Gasteiger partial charge < -0.3 is 5.32 Å². The molecular formula is C24H32F3NO. The van der Waals surface area contributed by atoms with E-state index < -0.39 is 12.1 Å². The van der Waals surface area contributed by atoms with Gasteiger partial charge in [-0.1, -0.05) is 50.8 Å². The Bertz CT molecular complexity index is 773. The average molecular weight is 408 g/mol. The third-order valence-electron chi connectivity index (χ3n) is 4.81. The van der Waals surface area contributed by atoms with Gasteiger partial charge in [-0.25, -0.2) is 0 Å². The Labute approximate surface area is 172 Å². The Balaban J connectivity index is 0.00000204. The van der Waals surface area contributed by atoms with Crippen LogP contribution in [-0.4, -0.2) is 18.1 Å². The van der Waals surface area contributed by atoms with Crippen molar-refractivity contribution in [2.45, 2.75) is 66.1 Å². The number of carbonyl (C=O) groups excluding carboxylic acids is 1. The van der Waals surface area contributed by atoms with Crippen molar-refractivity contribution >= 4 is 17.6 Å². The first-order valence-corrected chi connectivity index (χ1v) is 10.1. The number of halogens is 3. The highest BCUT2D eigenvalue weighted by Gasteiger charge is 2.39. The topological polar surface area (TPSA) is 29.1 Å². The lowest BCUT2D eigenvalue weighted by atomic mass is 9.84. The van der Waals surface area contributed by atoms with Crippen molar-refractivity contribution in [2.75, 3.05) is 0 Å². The van der Waals surface area contributed by atoms with Crippen LogP contribution in [0.1, 0.15) is 63.6 Å². The van der Waals surface area contributed by atoms with Crippen molar-refractivity contribution < 1.29 is 18.0 Å². The van der Waals surface area contributed by atoms with Crippen LogP contribution in [0, 0.1) is 12.8 Å². The smallest absolute Gasteiger partial charge is 0.350 e. The van der Waals surface area contributed by atoms with Gasteiger partial charge in [0.25, 0.3) is 5.91 Å². The van der Waals surface area contributed by atoms with Gasteiger partial charge in [-0.2, -0.15) is 13.2 Å². The van der Waals surface area contributed by atoms with E-state index in [0.717, 1.165) is 22.3 Å². The third-order valence-corrected chi connectivity index (χ3v) is 4.81. The molecular weight excluding hydrogens is 375 g/mol. The van der Waals surface area contributed by atoms with E-state index >= 15 is 0 Å². The number of carbonyl (C=O) groups is 1. The molecule has 0 spiro atoms. The van der Waals surface area contributed by atoms with E-state index in [4.69, 9.17) is 0 Å². The highest BCUT2D eigenvalue weighted by Crippen LogP contribution is 2.40. The quantitative estimate of drug-likeness (QED) is 0.419. The Kier molecular flexibility index (Phi) is 9.41. The van der Waals surface area contributed by atoms with Crippen LogP contribution in [0.25, 0.3) is 11.6 Å². The van der Waals surface area contributed by atoms with Crippen molar-refractivity contribution in [3.63, 3.8) is 0 Å². The summed E-state index contributed by atoms with van der Waals surface area (Å²) in [4.78, 5) is 12.2. The predicted molar refractivity (Wildman–Crippen MR) is 115 cm³/mol. The second-order valence-electron chi connectivity index (χ2n) is 7.19. The second kappa shape index (κ2) is 11.0. The summed E-state index contributed by atoms with van der Waals surface area (Å²) < 4.78 is 38.6. The molecule has 2 nitrogen and oxygen atoms in total. The summed E-state index contributed by atoms with van der Waals surface area (Å²) in [5, 5.41) is 2.83. The Morgan fingerprint density at radius 3 is 2.41 bits per heavy atom. The second-order valence-corrected chi connectivity index (χ2v) is 7.19. The van der Waals surface area contributed by atoms with E-state index in [1.54, 1.807) is 12.2 Å². The molecule has 1 amide bonds. The molecule has 1 aliphatic carbocycles. The molecule has 1 atom stereocenters. The van der Waals surface area contributed by atoms with E-state index in [-0.39, 0.29) is 24.8 Å². The normalized spacial score (nSPS) is 17.2. The molecule has 5 heteroatoms. The molecule has 1 unspecified atom stereocenters. The number of amides is 1. The molecule has 1 aliphatic rings. The van der Waals surface area contributed by atoms with Crippen molar-refractivity contribution in [1.82, 2.24) is 5.32 Å². The fourth-order valence-electron chi connectivity index (χ4n) is 3.26. The summed E-state index contributed by atoms with van der Waals surface area (Å²) in [6, 6.07) is 5.70. The largest absolute Gasteiger partial charge is 0.392 e. The van der Waals surface area contributed by atoms with Crippen LogP contribution >= 0.6 is 0 Å². The van der Waals surface area contributed by atoms with Crippen LogP contribution in [0.5, 0.6) is 0 Å². The van der Waals surface area contributed by atoms with E-state index in [1.165, 1.54) is 6.08 Å². The SMILES string of the molecule is C=C/C(=C\c1cccc(C2=CCC(C(F)(F)F)CC2)c1C)C(=O)NC(C)C.CC. The molecule has 160 valence electrons. The highest BCUT2D eigenvalue weighted by molar-refractivity contribution is 6.00. The Morgan fingerprint density at radius 2 is 1.93 bits per heavy atom. The van der Waals surface area contributed by atoms with Gasteiger partial charge in [0.05, 0.1) is 5.92 Å². The van der Waals surface area contributed by atoms with Crippen LogP contribution in [0.2, 0.25) is 0 Å². The van der Waals surface area contributed by atoms with Gasteiger partial charge in [0.15, 0.2) is 0 Å². The Morgan fingerprint density at radius 1 is 1.28 bits per heavy atom. The summed E-state index contributed by atoms with van der Waals surface area (Å²) in [5.41, 5.74) is 4.15. The number of alkyl halides is 3. The standard InChI is InChI=1S/C22H26F3NO.C2H6/c1-5-16(21(27)26-14(2)3)13-18-7-6-8-20(15(18)4)17-9-11-19(12-10-17)22(23,24)25;1-2/h5-9,13-14,19H,1,10-12H2,2-4H3,(H,26,27);1-2H3/b16-13+;. The molecule has 29 heavy (non-hydrogen) atoms. The minimum atomic E-state index is -4.13. The lowest BCUT2D eigenvalue weighted by molar-refractivity contribution is -0.175. The van der Waals surface area contributed by atoms with Crippen LogP contribution in [0.3, 0.4) is 0 Å². The highest BCUT2D eigenvalue weighted by atomic mass is 19.4. The number of nitrogens with one attached hydrogen (secondary N) is 1. The maximum absolute atomic E-state index is 12.9. The van der Waals surface area contributed by atoms with E-state index in [2.05, 4.69) is 11.9 Å². The summed E-state index contributed by atoms with van der Waals surface area (Å²) in [6.45, 7) is 13.4. The van der Waals surface area contributed by atoms with Crippen LogP contribution in [0.4, 0.5) is 13.2 Å². The summed E-state index contributed by atoms with van der Waals surface area (Å²) in [6.07, 6.45) is 1.39. The number of hydrogen-bond acceptors (Lipinski definition) is 1. The van der Waals surface area contributed by atoms with Crippen molar-refractivity contribution in [3.8, 4) is 0 Å². The lowest BCUT2D eigenvalue weighted by Crippen LogP contribution is -2.30. The molecule has 0 radical (unpaired) electrons. The fraction of sp³-hybridized carbons (Fsp3) is 0.458. The number of rotatable bonds is 5. The summed E-state index contributed by atoms with van der Waals surface area (Å²) >= 11 is 0. The maximum atomic E-state index is 12.9. The monoisotopic (exact) mass is 407 g/mol. The molecule has 1 N–H and O–H groups in total. The molecule has 0 aliphatic heterocycles. The van der Waals surface area contributed by atoms with Crippen molar-refractivity contribution in [2.24, 2.45) is 5.92 Å². The van der Waals surface area contributed by atoms with E-state index in [0.29, 0.717) is 12.0 Å². The first-order valence-electron chi connectivity index (χ1n) is 10.1. The zero-order chi connectivity index (χ0) is 22.2. The summed E-state index contributed by atoms with van der Waals surface area (Å²) in [5.74, 6) is -1.45. The molecule has 0 aromatic heterocycles. The zero-order valence-corrected chi connectivity index (χ0v) is 18.0. The van der Waals surface area contributed by atoms with Gasteiger partial charge >= 0.3 is 6.18 Å². The number of hydrogen-bond donors (Lipinski definition) is 1. The number of benzene rings is 1. The molecule has 1 aromatic carbocycles. The average Bonchev–Trinajstić information content (AvgIpc) is 2.67. The molecule has 0 heterocycles. The van der Waals surface area contributed by atoms with Crippen LogP contribution in [-0.2, 0) is 4.79 Å². The maximum Gasteiger partial charge on any atom is 0.392 e. The molecule has 1 aromatic rings. The number of allylic oxidation sites excluding steroid dienone is 2. The third kappa shape index (κ3) is 6.91. The predicted octanol–water partition coefficient (Wildman–Crippen LogP) is 6.86. The summed E-state index contributed by atoms with van der Waals surface area (Å²) in [7, 11) is 0. The van der Waals surface area contributed by atoms with Crippen molar-refractivity contribution in [1.29, 1.82) is 0 Å². The molecule has 0 bridgehead atoms. The van der Waals surface area contributed by atoms with Crippen molar-refractivity contribution in [3.05, 3.63) is 59.2 Å². The molecule has 0 saturated heterocycles. The van der Waals surface area contributed by atoms with Gasteiger partial charge in [0, 0.05) is 11.6 Å².